The summed E-state index contributed by atoms with van der Waals surface area (Å²) in [4.78, 5) is 16.8. The van der Waals surface area contributed by atoms with Crippen molar-refractivity contribution >= 4 is 27.4 Å². The summed E-state index contributed by atoms with van der Waals surface area (Å²) in [6, 6.07) is 7.28. The van der Waals surface area contributed by atoms with Crippen molar-refractivity contribution in [3.63, 3.8) is 0 Å². The maximum Gasteiger partial charge on any atom is 0.231 e. The molecular formula is C16H12BrNO4. The quantitative estimate of drug-likeness (QED) is 0.786. The molecule has 0 atom stereocenters. The van der Waals surface area contributed by atoms with Crippen molar-refractivity contribution in [2.24, 2.45) is 4.99 Å². The Kier molecular flexibility index (Phi) is 3.26. The van der Waals surface area contributed by atoms with Crippen LogP contribution in [0.1, 0.15) is 28.1 Å². The van der Waals surface area contributed by atoms with E-state index in [4.69, 9.17) is 13.9 Å². The Morgan fingerprint density at radius 3 is 2.82 bits per heavy atom. The molecule has 0 aliphatic carbocycles. The largest absolute Gasteiger partial charge is 0.454 e. The van der Waals surface area contributed by atoms with E-state index in [2.05, 4.69) is 20.9 Å². The first-order valence-corrected chi connectivity index (χ1v) is 7.75. The number of ether oxygens (including phenoxy) is 2. The molecule has 4 rings (SSSR count). The average molecular weight is 362 g/mol. The van der Waals surface area contributed by atoms with Gasteiger partial charge in [0.05, 0.1) is 12.1 Å². The van der Waals surface area contributed by atoms with Gasteiger partial charge in [-0.15, -0.1) is 0 Å². The molecule has 0 amide bonds. The van der Waals surface area contributed by atoms with Gasteiger partial charge < -0.3 is 13.9 Å². The van der Waals surface area contributed by atoms with Crippen LogP contribution in [0.3, 0.4) is 0 Å². The van der Waals surface area contributed by atoms with E-state index in [-0.39, 0.29) is 19.0 Å². The van der Waals surface area contributed by atoms with Crippen molar-refractivity contribution < 1.29 is 18.7 Å². The van der Waals surface area contributed by atoms with Gasteiger partial charge in [0.25, 0.3) is 0 Å². The summed E-state index contributed by atoms with van der Waals surface area (Å²) in [5.41, 5.74) is 2.88. The van der Waals surface area contributed by atoms with E-state index in [1.165, 1.54) is 0 Å². The number of fused-ring (bicyclic) bond motifs is 2. The van der Waals surface area contributed by atoms with Crippen LogP contribution in [-0.2, 0) is 6.42 Å². The van der Waals surface area contributed by atoms with Gasteiger partial charge in [-0.25, -0.2) is 0 Å². The zero-order chi connectivity index (χ0) is 15.1. The molecule has 0 saturated carbocycles. The van der Waals surface area contributed by atoms with Crippen LogP contribution in [0.4, 0.5) is 0 Å². The molecule has 112 valence electrons. The molecule has 1 aromatic carbocycles. The minimum Gasteiger partial charge on any atom is -0.454 e. The minimum atomic E-state index is -0.0880. The van der Waals surface area contributed by atoms with Gasteiger partial charge in [0.15, 0.2) is 21.9 Å². The molecule has 5 nitrogen and oxygen atoms in total. The fourth-order valence-corrected chi connectivity index (χ4v) is 3.02. The molecule has 2 aliphatic heterocycles. The Bertz CT molecular complexity index is 793. The molecular weight excluding hydrogens is 350 g/mol. The van der Waals surface area contributed by atoms with Gasteiger partial charge >= 0.3 is 0 Å². The van der Waals surface area contributed by atoms with E-state index < -0.39 is 0 Å². The van der Waals surface area contributed by atoms with Crippen LogP contribution in [0, 0.1) is 0 Å². The first-order valence-electron chi connectivity index (χ1n) is 6.95. The lowest BCUT2D eigenvalue weighted by Gasteiger charge is -2.17. The number of hydrogen-bond donors (Lipinski definition) is 0. The Labute approximate surface area is 135 Å². The highest BCUT2D eigenvalue weighted by atomic mass is 79.9. The zero-order valence-corrected chi connectivity index (χ0v) is 13.2. The molecule has 0 saturated heterocycles. The number of halogens is 1. The number of ketones is 1. The molecule has 2 aromatic rings. The van der Waals surface area contributed by atoms with Gasteiger partial charge in [-0.3, -0.25) is 9.79 Å². The molecule has 0 N–H and O–H groups in total. The van der Waals surface area contributed by atoms with Crippen LogP contribution in [0.15, 0.2) is 38.3 Å². The van der Waals surface area contributed by atoms with Crippen LogP contribution in [0.5, 0.6) is 11.5 Å². The Morgan fingerprint density at radius 2 is 2.05 bits per heavy atom. The number of carbonyl (C=O) groups is 1. The summed E-state index contributed by atoms with van der Waals surface area (Å²) in [6.45, 7) is 0.918. The lowest BCUT2D eigenvalue weighted by atomic mass is 9.94. The van der Waals surface area contributed by atoms with E-state index in [0.717, 1.165) is 29.0 Å². The normalized spacial score (nSPS) is 15.4. The second-order valence-corrected chi connectivity index (χ2v) is 5.93. The smallest absolute Gasteiger partial charge is 0.231 e. The zero-order valence-electron chi connectivity index (χ0n) is 11.6. The van der Waals surface area contributed by atoms with E-state index in [1.807, 2.05) is 12.1 Å². The summed E-state index contributed by atoms with van der Waals surface area (Å²) in [5, 5.41) is 0. The molecule has 0 unspecified atom stereocenters. The SMILES string of the molecule is O=C(CC1=NCCc2cc3c(cc21)OCO3)c1ccc(Br)o1. The number of hydrogen-bond acceptors (Lipinski definition) is 5. The van der Waals surface area contributed by atoms with Crippen LogP contribution >= 0.6 is 15.9 Å². The maximum atomic E-state index is 12.3. The lowest BCUT2D eigenvalue weighted by molar-refractivity contribution is 0.0973. The van der Waals surface area contributed by atoms with E-state index >= 15 is 0 Å². The number of aliphatic imine (C=N–C) groups is 1. The second kappa shape index (κ2) is 5.28. The monoisotopic (exact) mass is 361 g/mol. The highest BCUT2D eigenvalue weighted by Gasteiger charge is 2.24. The number of rotatable bonds is 3. The van der Waals surface area contributed by atoms with Gasteiger partial charge in [0.2, 0.25) is 12.6 Å². The Balaban J connectivity index is 1.64. The first kappa shape index (κ1) is 13.6. The third-order valence-electron chi connectivity index (χ3n) is 3.77. The van der Waals surface area contributed by atoms with Gasteiger partial charge in [-0.1, -0.05) is 0 Å². The van der Waals surface area contributed by atoms with Gasteiger partial charge in [-0.2, -0.15) is 0 Å². The van der Waals surface area contributed by atoms with Crippen molar-refractivity contribution in [1.82, 2.24) is 0 Å². The maximum absolute atomic E-state index is 12.3. The first-order chi connectivity index (χ1) is 10.7. The minimum absolute atomic E-state index is 0.0880. The van der Waals surface area contributed by atoms with Crippen molar-refractivity contribution in [3.05, 3.63) is 45.8 Å². The van der Waals surface area contributed by atoms with Crippen molar-refractivity contribution in [2.75, 3.05) is 13.3 Å². The number of furan rings is 1. The predicted molar refractivity (Wildman–Crippen MR) is 83.0 cm³/mol. The molecule has 0 spiro atoms. The number of carbonyl (C=O) groups excluding carboxylic acids is 1. The lowest BCUT2D eigenvalue weighted by Crippen LogP contribution is -2.16. The van der Waals surface area contributed by atoms with Gasteiger partial charge in [-0.05, 0) is 52.2 Å². The van der Waals surface area contributed by atoms with Gasteiger partial charge in [0.1, 0.15) is 0 Å². The summed E-state index contributed by atoms with van der Waals surface area (Å²) in [6.07, 6.45) is 1.06. The third kappa shape index (κ3) is 2.33. The topological polar surface area (TPSA) is 61.0 Å². The van der Waals surface area contributed by atoms with Crippen molar-refractivity contribution in [1.29, 1.82) is 0 Å². The predicted octanol–water partition coefficient (Wildman–Crippen LogP) is 3.39. The molecule has 22 heavy (non-hydrogen) atoms. The van der Waals surface area contributed by atoms with Gasteiger partial charge in [0, 0.05) is 12.1 Å². The highest BCUT2D eigenvalue weighted by Crippen LogP contribution is 2.36. The fourth-order valence-electron chi connectivity index (χ4n) is 2.71. The fraction of sp³-hybridized carbons (Fsp3) is 0.250. The van der Waals surface area contributed by atoms with Crippen LogP contribution in [0.25, 0.3) is 0 Å². The molecule has 0 radical (unpaired) electrons. The summed E-state index contributed by atoms with van der Waals surface area (Å²) >= 11 is 3.21. The molecule has 1 aromatic heterocycles. The van der Waals surface area contributed by atoms with Crippen molar-refractivity contribution in [2.45, 2.75) is 12.8 Å². The molecule has 0 fully saturated rings. The molecule has 2 aliphatic rings. The third-order valence-corrected chi connectivity index (χ3v) is 4.20. The van der Waals surface area contributed by atoms with Crippen LogP contribution < -0.4 is 9.47 Å². The summed E-state index contributed by atoms with van der Waals surface area (Å²) < 4.78 is 16.7. The molecule has 0 bridgehead atoms. The summed E-state index contributed by atoms with van der Waals surface area (Å²) in [5.74, 6) is 1.72. The van der Waals surface area contributed by atoms with E-state index in [9.17, 15) is 4.79 Å². The van der Waals surface area contributed by atoms with Crippen LogP contribution in [-0.4, -0.2) is 24.8 Å². The number of benzene rings is 1. The molecule has 3 heterocycles. The van der Waals surface area contributed by atoms with E-state index in [1.54, 1.807) is 12.1 Å². The summed E-state index contributed by atoms with van der Waals surface area (Å²) in [7, 11) is 0. The van der Waals surface area contributed by atoms with Crippen molar-refractivity contribution in [3.8, 4) is 11.5 Å². The standard InChI is InChI=1S/C16H12BrNO4/c17-16-2-1-13(22-16)12(19)7-11-10-6-15-14(20-8-21-15)5-9(10)3-4-18-11/h1-2,5-6H,3-4,7-8H2. The molecule has 6 heteroatoms. The van der Waals surface area contributed by atoms with Crippen LogP contribution in [0.2, 0.25) is 0 Å². The highest BCUT2D eigenvalue weighted by molar-refractivity contribution is 9.10. The Morgan fingerprint density at radius 1 is 1.23 bits per heavy atom. The number of nitrogens with zero attached hydrogens (tertiary/aromatic N) is 1. The Hall–Kier alpha value is -2.08. The average Bonchev–Trinajstić information content (AvgIpc) is 3.13. The second-order valence-electron chi connectivity index (χ2n) is 5.14. The van der Waals surface area contributed by atoms with E-state index in [0.29, 0.717) is 22.7 Å². The number of Topliss-reactive ketones (excluding diaryl/α,β-unsaturated/α-hetero) is 1.